The second-order valence-corrected chi connectivity index (χ2v) is 6.15. The largest absolute Gasteiger partial charge is 0.396 e. The molecule has 3 rings (SSSR count). The van der Waals surface area contributed by atoms with Crippen molar-refractivity contribution in [2.75, 3.05) is 18.8 Å². The molecule has 1 aromatic carbocycles. The van der Waals surface area contributed by atoms with Gasteiger partial charge in [0.15, 0.2) is 5.82 Å². The van der Waals surface area contributed by atoms with Gasteiger partial charge in [0, 0.05) is 18.7 Å². The molecule has 0 amide bonds. The number of nitrogens with zero attached hydrogens (tertiary/aromatic N) is 1. The zero-order chi connectivity index (χ0) is 13.2. The van der Waals surface area contributed by atoms with E-state index in [0.717, 1.165) is 30.5 Å². The molecule has 2 nitrogen and oxygen atoms in total. The van der Waals surface area contributed by atoms with Crippen LogP contribution in [0.25, 0.3) is 0 Å². The fourth-order valence-corrected chi connectivity index (χ4v) is 3.78. The predicted molar refractivity (Wildman–Crippen MR) is 76.2 cm³/mol. The molecule has 1 heterocycles. The van der Waals surface area contributed by atoms with Crippen molar-refractivity contribution in [1.82, 2.24) is 4.90 Å². The van der Waals surface area contributed by atoms with Gasteiger partial charge in [-0.1, -0.05) is 31.4 Å². The van der Waals surface area contributed by atoms with Gasteiger partial charge in [0.05, 0.1) is 5.69 Å². The maximum atomic E-state index is 13.9. The minimum absolute atomic E-state index is 0.228. The van der Waals surface area contributed by atoms with E-state index in [-0.39, 0.29) is 11.5 Å². The van der Waals surface area contributed by atoms with Gasteiger partial charge in [-0.3, -0.25) is 4.90 Å². The van der Waals surface area contributed by atoms with E-state index in [0.29, 0.717) is 6.54 Å². The minimum atomic E-state index is -0.228. The molecule has 1 aliphatic carbocycles. The van der Waals surface area contributed by atoms with Gasteiger partial charge in [0.2, 0.25) is 0 Å². The Morgan fingerprint density at radius 3 is 2.79 bits per heavy atom. The molecule has 19 heavy (non-hydrogen) atoms. The number of piperidine rings is 1. The number of anilines is 1. The van der Waals surface area contributed by atoms with Gasteiger partial charge in [0.25, 0.3) is 0 Å². The highest BCUT2D eigenvalue weighted by molar-refractivity contribution is 5.42. The lowest BCUT2D eigenvalue weighted by Crippen LogP contribution is -2.41. The number of nitrogens with two attached hydrogens (primary N) is 1. The molecule has 0 bridgehead atoms. The summed E-state index contributed by atoms with van der Waals surface area (Å²) in [5, 5.41) is 0. The number of hydrogen-bond acceptors (Lipinski definition) is 2. The van der Waals surface area contributed by atoms with E-state index >= 15 is 0 Å². The molecular weight excluding hydrogens is 239 g/mol. The maximum Gasteiger partial charge on any atom is 0.150 e. The third kappa shape index (κ3) is 2.76. The zero-order valence-corrected chi connectivity index (χ0v) is 11.4. The zero-order valence-electron chi connectivity index (χ0n) is 11.4. The number of halogens is 1. The Morgan fingerprint density at radius 1 is 1.16 bits per heavy atom. The van der Waals surface area contributed by atoms with Crippen LogP contribution in [-0.4, -0.2) is 18.0 Å². The average Bonchev–Trinajstić information content (AvgIpc) is 2.44. The summed E-state index contributed by atoms with van der Waals surface area (Å²) >= 11 is 0. The Balaban J connectivity index is 1.66. The maximum absolute atomic E-state index is 13.9. The average molecular weight is 262 g/mol. The molecular formula is C16H23FN2. The lowest BCUT2D eigenvalue weighted by atomic mass is 9.75. The molecule has 2 fully saturated rings. The fourth-order valence-electron chi connectivity index (χ4n) is 3.78. The Hall–Kier alpha value is -1.09. The number of fused-ring (bicyclic) bond motifs is 1. The normalized spacial score (nSPS) is 28.1. The summed E-state index contributed by atoms with van der Waals surface area (Å²) < 4.78 is 13.9. The molecule has 2 atom stereocenters. The lowest BCUT2D eigenvalue weighted by molar-refractivity contribution is 0.0813. The van der Waals surface area contributed by atoms with Gasteiger partial charge >= 0.3 is 0 Å². The molecule has 3 heteroatoms. The summed E-state index contributed by atoms with van der Waals surface area (Å²) in [5.41, 5.74) is 6.65. The van der Waals surface area contributed by atoms with Gasteiger partial charge in [-0.05, 0) is 37.3 Å². The molecule has 1 saturated carbocycles. The van der Waals surface area contributed by atoms with Crippen LogP contribution >= 0.6 is 0 Å². The monoisotopic (exact) mass is 262 g/mol. The summed E-state index contributed by atoms with van der Waals surface area (Å²) in [6.45, 7) is 2.95. The number of nitrogen functional groups attached to an aromatic ring is 1. The number of benzene rings is 1. The fraction of sp³-hybridized carbons (Fsp3) is 0.625. The van der Waals surface area contributed by atoms with Crippen molar-refractivity contribution in [2.45, 2.75) is 38.6 Å². The summed E-state index contributed by atoms with van der Waals surface area (Å²) in [4.78, 5) is 2.41. The molecule has 0 aromatic heterocycles. The lowest BCUT2D eigenvalue weighted by Gasteiger charge is -2.41. The minimum Gasteiger partial charge on any atom is -0.396 e. The second kappa shape index (κ2) is 5.49. The summed E-state index contributed by atoms with van der Waals surface area (Å²) in [6.07, 6.45) is 6.84. The Kier molecular flexibility index (Phi) is 3.74. The summed E-state index contributed by atoms with van der Waals surface area (Å²) in [7, 11) is 0. The molecule has 2 unspecified atom stereocenters. The first-order valence-corrected chi connectivity index (χ1v) is 7.49. The second-order valence-electron chi connectivity index (χ2n) is 6.15. The van der Waals surface area contributed by atoms with Gasteiger partial charge in [-0.25, -0.2) is 4.39 Å². The predicted octanol–water partition coefficient (Wildman–Crippen LogP) is 3.42. The van der Waals surface area contributed by atoms with Crippen LogP contribution in [0.4, 0.5) is 10.1 Å². The molecule has 2 aliphatic rings. The molecule has 1 aromatic rings. The van der Waals surface area contributed by atoms with Gasteiger partial charge in [0.1, 0.15) is 0 Å². The van der Waals surface area contributed by atoms with E-state index in [1.54, 1.807) is 6.07 Å². The smallest absolute Gasteiger partial charge is 0.150 e. The first-order chi connectivity index (χ1) is 9.24. The number of likely N-dealkylation sites (tertiary alicyclic amines) is 1. The van der Waals surface area contributed by atoms with Crippen molar-refractivity contribution in [1.29, 1.82) is 0 Å². The molecule has 0 radical (unpaired) electrons. The Labute approximate surface area is 114 Å². The van der Waals surface area contributed by atoms with E-state index in [2.05, 4.69) is 4.90 Å². The highest BCUT2D eigenvalue weighted by atomic mass is 19.1. The standard InChI is InChI=1S/C16H23FN2/c17-16-14(6-3-7-15(16)18)11-19-9-8-12-4-1-2-5-13(12)10-19/h3,6-7,12-13H,1-2,4-5,8-11,18H2. The first kappa shape index (κ1) is 12.9. The van der Waals surface area contributed by atoms with E-state index in [9.17, 15) is 4.39 Å². The summed E-state index contributed by atoms with van der Waals surface area (Å²) in [6, 6.07) is 5.34. The molecule has 104 valence electrons. The quantitative estimate of drug-likeness (QED) is 0.827. The summed E-state index contributed by atoms with van der Waals surface area (Å²) in [5.74, 6) is 1.54. The van der Waals surface area contributed by atoms with Crippen LogP contribution in [0.5, 0.6) is 0 Å². The molecule has 0 spiro atoms. The van der Waals surface area contributed by atoms with Crippen molar-refractivity contribution in [2.24, 2.45) is 11.8 Å². The Bertz CT molecular complexity index is 446. The van der Waals surface area contributed by atoms with Gasteiger partial charge < -0.3 is 5.73 Å². The highest BCUT2D eigenvalue weighted by Crippen LogP contribution is 2.36. The third-order valence-corrected chi connectivity index (χ3v) is 4.88. The van der Waals surface area contributed by atoms with Crippen LogP contribution < -0.4 is 5.73 Å². The van der Waals surface area contributed by atoms with E-state index < -0.39 is 0 Å². The Morgan fingerprint density at radius 2 is 1.95 bits per heavy atom. The molecule has 1 aliphatic heterocycles. The van der Waals surface area contributed by atoms with E-state index in [1.807, 2.05) is 12.1 Å². The van der Waals surface area contributed by atoms with Gasteiger partial charge in [-0.15, -0.1) is 0 Å². The van der Waals surface area contributed by atoms with Crippen LogP contribution in [0, 0.1) is 17.7 Å². The van der Waals surface area contributed by atoms with E-state index in [4.69, 9.17) is 5.73 Å². The SMILES string of the molecule is Nc1cccc(CN2CCC3CCCCC3C2)c1F. The molecule has 1 saturated heterocycles. The van der Waals surface area contributed by atoms with Gasteiger partial charge in [-0.2, -0.15) is 0 Å². The van der Waals surface area contributed by atoms with Crippen molar-refractivity contribution in [3.8, 4) is 0 Å². The van der Waals surface area contributed by atoms with Crippen molar-refractivity contribution in [3.63, 3.8) is 0 Å². The number of hydrogen-bond donors (Lipinski definition) is 1. The van der Waals surface area contributed by atoms with Crippen LogP contribution in [0.2, 0.25) is 0 Å². The number of rotatable bonds is 2. The molecule has 2 N–H and O–H groups in total. The first-order valence-electron chi connectivity index (χ1n) is 7.49. The van der Waals surface area contributed by atoms with E-state index in [1.165, 1.54) is 32.1 Å². The van der Waals surface area contributed by atoms with Crippen LogP contribution in [0.15, 0.2) is 18.2 Å². The van der Waals surface area contributed by atoms with Crippen LogP contribution in [0.1, 0.15) is 37.7 Å². The van der Waals surface area contributed by atoms with Crippen LogP contribution in [0.3, 0.4) is 0 Å². The van der Waals surface area contributed by atoms with Crippen molar-refractivity contribution < 1.29 is 4.39 Å². The van der Waals surface area contributed by atoms with Crippen LogP contribution in [-0.2, 0) is 6.54 Å². The highest BCUT2D eigenvalue weighted by Gasteiger charge is 2.31. The van der Waals surface area contributed by atoms with Crippen molar-refractivity contribution in [3.05, 3.63) is 29.6 Å². The topological polar surface area (TPSA) is 29.3 Å². The third-order valence-electron chi connectivity index (χ3n) is 4.88. The van der Waals surface area contributed by atoms with Crippen molar-refractivity contribution >= 4 is 5.69 Å².